The van der Waals surface area contributed by atoms with Crippen molar-refractivity contribution in [2.75, 3.05) is 26.2 Å². The van der Waals surface area contributed by atoms with Crippen molar-refractivity contribution in [2.45, 2.75) is 84.8 Å². The third kappa shape index (κ3) is 5.19. The van der Waals surface area contributed by atoms with Crippen LogP contribution in [0.3, 0.4) is 0 Å². The normalized spacial score (nSPS) is 26.0. The highest BCUT2D eigenvalue weighted by atomic mass is 16.2. The molecule has 2 aliphatic rings. The van der Waals surface area contributed by atoms with Crippen molar-refractivity contribution in [3.63, 3.8) is 0 Å². The van der Waals surface area contributed by atoms with Crippen LogP contribution in [0.5, 0.6) is 0 Å². The van der Waals surface area contributed by atoms with Gasteiger partial charge in [-0.25, -0.2) is 0 Å². The van der Waals surface area contributed by atoms with Crippen LogP contribution in [-0.4, -0.2) is 60.0 Å². The average Bonchev–Trinajstić information content (AvgIpc) is 2.56. The van der Waals surface area contributed by atoms with Crippen molar-refractivity contribution in [1.29, 1.82) is 0 Å². The smallest absolute Gasteiger partial charge is 0.237 e. The van der Waals surface area contributed by atoms with Gasteiger partial charge in [0, 0.05) is 18.6 Å². The van der Waals surface area contributed by atoms with E-state index >= 15 is 0 Å². The van der Waals surface area contributed by atoms with Gasteiger partial charge >= 0.3 is 0 Å². The molecule has 0 bridgehead atoms. The Morgan fingerprint density at radius 2 is 1.71 bits per heavy atom. The van der Waals surface area contributed by atoms with E-state index in [4.69, 9.17) is 0 Å². The molecule has 0 radical (unpaired) electrons. The van der Waals surface area contributed by atoms with Crippen molar-refractivity contribution in [1.82, 2.24) is 15.1 Å². The van der Waals surface area contributed by atoms with Crippen LogP contribution >= 0.6 is 0 Å². The summed E-state index contributed by atoms with van der Waals surface area (Å²) in [6.07, 6.45) is 6.00. The van der Waals surface area contributed by atoms with Gasteiger partial charge in [0.1, 0.15) is 0 Å². The van der Waals surface area contributed by atoms with Crippen LogP contribution < -0.4 is 5.32 Å². The highest BCUT2D eigenvalue weighted by Gasteiger charge is 2.31. The molecule has 4 heteroatoms. The van der Waals surface area contributed by atoms with Gasteiger partial charge in [-0.15, -0.1) is 0 Å². The van der Waals surface area contributed by atoms with E-state index < -0.39 is 0 Å². The van der Waals surface area contributed by atoms with E-state index in [9.17, 15) is 4.79 Å². The van der Waals surface area contributed by atoms with Crippen LogP contribution in [-0.2, 0) is 4.79 Å². The summed E-state index contributed by atoms with van der Waals surface area (Å²) in [5.74, 6) is 1.68. The van der Waals surface area contributed by atoms with Gasteiger partial charge in [-0.2, -0.15) is 0 Å². The van der Waals surface area contributed by atoms with Crippen molar-refractivity contribution in [3.05, 3.63) is 0 Å². The topological polar surface area (TPSA) is 35.6 Å². The molecule has 2 rings (SSSR count). The molecular formula is C20H39N3O. The van der Waals surface area contributed by atoms with E-state index in [2.05, 4.69) is 49.7 Å². The maximum atomic E-state index is 12.8. The number of amides is 1. The number of hydrogen-bond acceptors (Lipinski definition) is 3. The van der Waals surface area contributed by atoms with E-state index in [1.165, 1.54) is 38.8 Å². The number of hydrogen-bond donors (Lipinski definition) is 1. The molecule has 0 aromatic heterocycles. The molecule has 2 atom stereocenters. The van der Waals surface area contributed by atoms with Crippen molar-refractivity contribution in [3.8, 4) is 0 Å². The molecule has 1 N–H and O–H groups in total. The summed E-state index contributed by atoms with van der Waals surface area (Å²) in [7, 11) is 0. The first-order valence-electron chi connectivity index (χ1n) is 10.2. The molecule has 0 spiro atoms. The largest absolute Gasteiger partial charge is 0.353 e. The number of carbonyl (C=O) groups is 1. The predicted molar refractivity (Wildman–Crippen MR) is 101 cm³/mol. The highest BCUT2D eigenvalue weighted by molar-refractivity contribution is 5.81. The molecule has 24 heavy (non-hydrogen) atoms. The fourth-order valence-corrected chi connectivity index (χ4v) is 4.32. The molecule has 140 valence electrons. The average molecular weight is 338 g/mol. The Morgan fingerprint density at radius 1 is 1.04 bits per heavy atom. The first-order valence-corrected chi connectivity index (χ1v) is 10.2. The molecule has 4 nitrogen and oxygen atoms in total. The van der Waals surface area contributed by atoms with Gasteiger partial charge in [-0.3, -0.25) is 14.6 Å². The third-order valence-corrected chi connectivity index (χ3v) is 6.05. The van der Waals surface area contributed by atoms with Crippen LogP contribution in [0, 0.1) is 11.8 Å². The Balaban J connectivity index is 1.89. The SMILES string of the molecule is CC1CCN(C(CNC(=O)C2CCCCN2C(C)C)C(C)C)CC1. The zero-order valence-corrected chi connectivity index (χ0v) is 16.6. The molecule has 2 saturated heterocycles. The summed E-state index contributed by atoms with van der Waals surface area (Å²) in [6.45, 7) is 15.6. The van der Waals surface area contributed by atoms with E-state index in [-0.39, 0.29) is 11.9 Å². The van der Waals surface area contributed by atoms with Gasteiger partial charge in [0.15, 0.2) is 0 Å². The lowest BCUT2D eigenvalue weighted by Crippen LogP contribution is -2.55. The zero-order valence-electron chi connectivity index (χ0n) is 16.6. The number of rotatable bonds is 6. The Kier molecular flexibility index (Phi) is 7.55. The van der Waals surface area contributed by atoms with Gasteiger partial charge in [0.2, 0.25) is 5.91 Å². The van der Waals surface area contributed by atoms with Crippen LogP contribution in [0.15, 0.2) is 0 Å². The number of likely N-dealkylation sites (tertiary alicyclic amines) is 2. The second-order valence-corrected chi connectivity index (χ2v) is 8.62. The molecule has 0 aliphatic carbocycles. The maximum absolute atomic E-state index is 12.8. The van der Waals surface area contributed by atoms with Crippen molar-refractivity contribution >= 4 is 5.91 Å². The van der Waals surface area contributed by atoms with Gasteiger partial charge in [0.25, 0.3) is 0 Å². The van der Waals surface area contributed by atoms with E-state index in [0.717, 1.165) is 25.4 Å². The monoisotopic (exact) mass is 337 g/mol. The third-order valence-electron chi connectivity index (χ3n) is 6.05. The van der Waals surface area contributed by atoms with Crippen LogP contribution in [0.2, 0.25) is 0 Å². The minimum absolute atomic E-state index is 0.0768. The number of carbonyl (C=O) groups excluding carboxylic acids is 1. The lowest BCUT2D eigenvalue weighted by molar-refractivity contribution is -0.128. The zero-order chi connectivity index (χ0) is 17.7. The number of nitrogens with zero attached hydrogens (tertiary/aromatic N) is 2. The summed E-state index contributed by atoms with van der Waals surface area (Å²) in [4.78, 5) is 17.8. The number of piperidine rings is 2. The van der Waals surface area contributed by atoms with Gasteiger partial charge in [-0.05, 0) is 71.0 Å². The van der Waals surface area contributed by atoms with Crippen LogP contribution in [0.1, 0.15) is 66.7 Å². The van der Waals surface area contributed by atoms with Gasteiger partial charge < -0.3 is 5.32 Å². The predicted octanol–water partition coefficient (Wildman–Crippen LogP) is 3.12. The second-order valence-electron chi connectivity index (χ2n) is 8.62. The summed E-state index contributed by atoms with van der Waals surface area (Å²) in [6, 6.07) is 0.996. The van der Waals surface area contributed by atoms with Crippen LogP contribution in [0.4, 0.5) is 0 Å². The molecule has 0 aromatic rings. The first kappa shape index (κ1) is 19.7. The minimum Gasteiger partial charge on any atom is -0.353 e. The Labute approximate surface area is 149 Å². The lowest BCUT2D eigenvalue weighted by atomic mass is 9.94. The quantitative estimate of drug-likeness (QED) is 0.809. The summed E-state index contributed by atoms with van der Waals surface area (Å²) >= 11 is 0. The van der Waals surface area contributed by atoms with Crippen molar-refractivity contribution in [2.24, 2.45) is 11.8 Å². The summed E-state index contributed by atoms with van der Waals surface area (Å²) in [5, 5.41) is 3.30. The van der Waals surface area contributed by atoms with E-state index in [1.807, 2.05) is 0 Å². The first-order chi connectivity index (χ1) is 11.4. The fourth-order valence-electron chi connectivity index (χ4n) is 4.32. The summed E-state index contributed by atoms with van der Waals surface area (Å²) in [5.41, 5.74) is 0. The number of nitrogens with one attached hydrogen (secondary N) is 1. The van der Waals surface area contributed by atoms with Gasteiger partial charge in [0.05, 0.1) is 6.04 Å². The molecule has 0 saturated carbocycles. The fraction of sp³-hybridized carbons (Fsp3) is 0.950. The van der Waals surface area contributed by atoms with E-state index in [0.29, 0.717) is 18.0 Å². The maximum Gasteiger partial charge on any atom is 0.237 e. The van der Waals surface area contributed by atoms with E-state index in [1.54, 1.807) is 0 Å². The Bertz CT molecular complexity index is 388. The Hall–Kier alpha value is -0.610. The van der Waals surface area contributed by atoms with Crippen LogP contribution in [0.25, 0.3) is 0 Å². The molecule has 1 amide bonds. The lowest BCUT2D eigenvalue weighted by Gasteiger charge is -2.40. The molecule has 0 aromatic carbocycles. The molecule has 2 aliphatic heterocycles. The summed E-state index contributed by atoms with van der Waals surface area (Å²) < 4.78 is 0. The standard InChI is InChI=1S/C20H39N3O/c1-15(2)19(22-12-9-17(5)10-13-22)14-21-20(24)18-8-6-7-11-23(18)16(3)4/h15-19H,6-14H2,1-5H3,(H,21,24). The second kappa shape index (κ2) is 9.19. The highest BCUT2D eigenvalue weighted by Crippen LogP contribution is 2.22. The minimum atomic E-state index is 0.0768. The van der Waals surface area contributed by atoms with Crippen molar-refractivity contribution < 1.29 is 4.79 Å². The molecule has 2 heterocycles. The molecule has 2 fully saturated rings. The Morgan fingerprint density at radius 3 is 2.29 bits per heavy atom. The molecule has 2 unspecified atom stereocenters. The van der Waals surface area contributed by atoms with Gasteiger partial charge in [-0.1, -0.05) is 27.2 Å². The molecular weight excluding hydrogens is 298 g/mol.